The number of hydrogen-bond donors (Lipinski definition) is 7. The summed E-state index contributed by atoms with van der Waals surface area (Å²) in [5, 5.41) is 22.8. The summed E-state index contributed by atoms with van der Waals surface area (Å²) in [5.74, 6) is -2.46. The zero-order chi connectivity index (χ0) is 61.1. The quantitative estimate of drug-likeness (QED) is 0.0122. The molecule has 8 N–H and O–H groups in total. The Bertz CT molecular complexity index is 3190. The molecule has 0 saturated carbocycles. The highest BCUT2D eigenvalue weighted by Gasteiger charge is 2.30. The minimum absolute atomic E-state index is 0. The molecule has 0 unspecified atom stereocenters. The first-order chi connectivity index (χ1) is 41.2. The van der Waals surface area contributed by atoms with Crippen LogP contribution in [0.25, 0.3) is 34.4 Å². The van der Waals surface area contributed by atoms with Crippen LogP contribution in [0.4, 0.5) is 32.3 Å². The summed E-state index contributed by atoms with van der Waals surface area (Å²) in [7, 11) is 2.66. The van der Waals surface area contributed by atoms with Gasteiger partial charge in [-0.05, 0) is 118 Å². The van der Waals surface area contributed by atoms with Crippen molar-refractivity contribution < 1.29 is 52.8 Å². The number of nitrogens with zero attached hydrogens (tertiary/aromatic N) is 2. The van der Waals surface area contributed by atoms with E-state index in [0.29, 0.717) is 23.5 Å². The molecule has 19 heteroatoms. The standard InChI is InChI=1S/C33H38N4O5.C17H15NO4.C16H25N3O2.CH4/c1-4-37(5-2)19-18-34-29-16-14-23(15-17-32(39)41-3)20-30(29)36-31(38)21-35-33(40)42-22-28-26-12-8-6-10-24(26)25-11-7-9-13-27(25)28;19-16(20)9-18-17(21)22-10-15-13-7-3-1-5-11(13)12-6-2-4-8-14(12)15;1-4-19(5-2)11-10-18-15-8-6-13(12-14(15)17)7-9-16(20)21-3;/h6-17,20,28,34H,4-5,18-19,21-22H2,1-3H3,(H,35,40)(H,36,38);1-8,15H,9-10H2,(H,18,21)(H,19,20);6-9,12,18H,4-5,10-11,17H2,1-3H3;1H4/b17-15+;;9-7+;. The highest BCUT2D eigenvalue weighted by molar-refractivity contribution is 5.97. The van der Waals surface area contributed by atoms with E-state index in [1.807, 2.05) is 91.0 Å². The fraction of sp³-hybridized carbons (Fsp3) is 0.313. The van der Waals surface area contributed by atoms with Crippen LogP contribution in [0.5, 0.6) is 0 Å². The first-order valence-corrected chi connectivity index (χ1v) is 28.4. The number of anilines is 4. The van der Waals surface area contributed by atoms with Gasteiger partial charge in [-0.2, -0.15) is 0 Å². The number of carbonyl (C=O) groups is 6. The normalized spacial score (nSPS) is 11.8. The second kappa shape index (κ2) is 35.0. The summed E-state index contributed by atoms with van der Waals surface area (Å²) in [6.07, 6.45) is 4.59. The fourth-order valence-electron chi connectivity index (χ4n) is 9.80. The van der Waals surface area contributed by atoms with Gasteiger partial charge in [0.15, 0.2) is 0 Å². The summed E-state index contributed by atoms with van der Waals surface area (Å²) in [4.78, 5) is 74.6. The highest BCUT2D eigenvalue weighted by atomic mass is 16.6. The molecule has 6 aromatic carbocycles. The topological polar surface area (TPSA) is 252 Å². The lowest BCUT2D eigenvalue weighted by molar-refractivity contribution is -0.136. The van der Waals surface area contributed by atoms with Gasteiger partial charge in [-0.25, -0.2) is 19.2 Å². The lowest BCUT2D eigenvalue weighted by Crippen LogP contribution is -2.34. The van der Waals surface area contributed by atoms with Crippen molar-refractivity contribution in [2.75, 3.05) is 115 Å². The molecule has 19 nitrogen and oxygen atoms in total. The monoisotopic (exact) mass is 1170 g/mol. The molecule has 8 rings (SSSR count). The molecule has 0 spiro atoms. The van der Waals surface area contributed by atoms with Crippen LogP contribution in [0, 0.1) is 0 Å². The van der Waals surface area contributed by atoms with Crippen molar-refractivity contribution in [1.29, 1.82) is 0 Å². The van der Waals surface area contributed by atoms with Gasteiger partial charge < -0.3 is 66.2 Å². The number of amides is 3. The molecular formula is C67H82N8O11. The Balaban J connectivity index is 0.000000258. The second-order valence-electron chi connectivity index (χ2n) is 19.6. The third kappa shape index (κ3) is 19.8. The number of nitrogens with two attached hydrogens (primary N) is 1. The summed E-state index contributed by atoms with van der Waals surface area (Å²) in [6, 6.07) is 43.4. The lowest BCUT2D eigenvalue weighted by atomic mass is 9.98. The number of fused-ring (bicyclic) bond motifs is 6. The molecule has 2 aliphatic carbocycles. The van der Waals surface area contributed by atoms with Gasteiger partial charge in [0.1, 0.15) is 26.3 Å². The molecule has 6 aromatic rings. The Hall–Kier alpha value is -9.46. The number of ether oxygens (including phenoxy) is 4. The van der Waals surface area contributed by atoms with E-state index in [0.717, 1.165) is 107 Å². The molecule has 2 aliphatic rings. The number of carboxylic acid groups (broad SMARTS) is 1. The average Bonchev–Trinajstić information content (AvgIpc) is 1.77. The molecule has 0 radical (unpaired) electrons. The van der Waals surface area contributed by atoms with Gasteiger partial charge >= 0.3 is 30.1 Å². The van der Waals surface area contributed by atoms with Crippen molar-refractivity contribution in [3.8, 4) is 22.3 Å². The number of hydrogen-bond acceptors (Lipinski definition) is 15. The maximum Gasteiger partial charge on any atom is 0.407 e. The van der Waals surface area contributed by atoms with E-state index in [4.69, 9.17) is 20.3 Å². The number of nitrogens with one attached hydrogen (secondary N) is 5. The number of esters is 2. The SMILES string of the molecule is C.CCN(CC)CCNc1ccc(/C=C/C(=O)OC)cc1N.CCN(CC)CCNc1ccc(/C=C/C(=O)OC)cc1NC(=O)CNC(=O)OCC1c2ccccc2-c2ccccc21.O=C(O)CNC(=O)OCC1c2ccccc2-c2ccccc21. The Labute approximate surface area is 504 Å². The smallest absolute Gasteiger partial charge is 0.407 e. The van der Waals surface area contributed by atoms with Gasteiger partial charge in [-0.3, -0.25) is 9.59 Å². The number of methoxy groups -OCH3 is 2. The molecule has 3 amide bonds. The number of aliphatic carboxylic acids is 1. The highest BCUT2D eigenvalue weighted by Crippen LogP contribution is 2.45. The number of carboxylic acids is 1. The van der Waals surface area contributed by atoms with Gasteiger partial charge in [-0.1, -0.05) is 144 Å². The minimum atomic E-state index is -1.10. The molecule has 0 aromatic heterocycles. The van der Waals surface area contributed by atoms with Crippen molar-refractivity contribution in [2.45, 2.75) is 47.0 Å². The molecule has 456 valence electrons. The van der Waals surface area contributed by atoms with E-state index in [9.17, 15) is 28.8 Å². The zero-order valence-electron chi connectivity index (χ0n) is 49.2. The third-order valence-electron chi connectivity index (χ3n) is 14.4. The van der Waals surface area contributed by atoms with E-state index in [-0.39, 0.29) is 45.0 Å². The van der Waals surface area contributed by atoms with Crippen LogP contribution in [-0.2, 0) is 38.1 Å². The second-order valence-corrected chi connectivity index (χ2v) is 19.6. The predicted octanol–water partition coefficient (Wildman–Crippen LogP) is 10.6. The van der Waals surface area contributed by atoms with Crippen molar-refractivity contribution >= 4 is 70.9 Å². The molecular weight excluding hydrogens is 1090 g/mol. The Morgan fingerprint density at radius 3 is 1.30 bits per heavy atom. The maximum atomic E-state index is 12.8. The van der Waals surface area contributed by atoms with Crippen LogP contribution in [0.15, 0.2) is 146 Å². The Kier molecular flexibility index (Phi) is 27.4. The molecule has 0 heterocycles. The molecule has 0 atom stereocenters. The summed E-state index contributed by atoms with van der Waals surface area (Å²) >= 11 is 0. The van der Waals surface area contributed by atoms with Crippen molar-refractivity contribution in [2.24, 2.45) is 0 Å². The summed E-state index contributed by atoms with van der Waals surface area (Å²) in [6.45, 7) is 15.5. The largest absolute Gasteiger partial charge is 0.480 e. The minimum Gasteiger partial charge on any atom is -0.480 e. The van der Waals surface area contributed by atoms with Crippen LogP contribution >= 0.6 is 0 Å². The fourth-order valence-corrected chi connectivity index (χ4v) is 9.80. The Morgan fingerprint density at radius 1 is 0.523 bits per heavy atom. The van der Waals surface area contributed by atoms with Gasteiger partial charge in [0, 0.05) is 50.2 Å². The zero-order valence-corrected chi connectivity index (χ0v) is 49.2. The molecule has 0 fully saturated rings. The van der Waals surface area contributed by atoms with Gasteiger partial charge in [-0.15, -0.1) is 0 Å². The molecule has 86 heavy (non-hydrogen) atoms. The number of benzene rings is 6. The molecule has 0 saturated heterocycles. The van der Waals surface area contributed by atoms with Gasteiger partial charge in [0.2, 0.25) is 5.91 Å². The van der Waals surface area contributed by atoms with Crippen LogP contribution in [-0.4, -0.2) is 144 Å². The lowest BCUT2D eigenvalue weighted by Gasteiger charge is -2.20. The average molecular weight is 1180 g/mol. The number of carbonyl (C=O) groups excluding carboxylic acids is 5. The maximum absolute atomic E-state index is 12.8. The summed E-state index contributed by atoms with van der Waals surface area (Å²) in [5.41, 5.74) is 19.5. The Morgan fingerprint density at radius 2 is 0.907 bits per heavy atom. The van der Waals surface area contributed by atoms with E-state index < -0.39 is 36.6 Å². The van der Waals surface area contributed by atoms with Crippen molar-refractivity contribution in [3.63, 3.8) is 0 Å². The van der Waals surface area contributed by atoms with Crippen LogP contribution in [0.2, 0.25) is 0 Å². The number of nitrogen functional groups attached to an aromatic ring is 1. The molecule has 0 bridgehead atoms. The first-order valence-electron chi connectivity index (χ1n) is 28.4. The van der Waals surface area contributed by atoms with E-state index in [2.05, 4.69) is 110 Å². The molecule has 0 aliphatic heterocycles. The van der Waals surface area contributed by atoms with E-state index >= 15 is 0 Å². The number of rotatable bonds is 25. The number of likely N-dealkylation sites (N-methyl/N-ethyl adjacent to an activating group) is 2. The first kappa shape index (κ1) is 67.3. The predicted molar refractivity (Wildman–Crippen MR) is 341 cm³/mol. The van der Waals surface area contributed by atoms with E-state index in [1.165, 1.54) is 26.4 Å². The van der Waals surface area contributed by atoms with Gasteiger partial charge in [0.25, 0.3) is 0 Å². The van der Waals surface area contributed by atoms with Gasteiger partial charge in [0.05, 0.1) is 37.0 Å². The number of alkyl carbamates (subject to hydrolysis) is 2. The van der Waals surface area contributed by atoms with Crippen molar-refractivity contribution in [1.82, 2.24) is 20.4 Å². The van der Waals surface area contributed by atoms with Crippen LogP contribution in [0.1, 0.15) is 80.3 Å². The van der Waals surface area contributed by atoms with Crippen LogP contribution < -0.4 is 32.3 Å². The third-order valence-corrected chi connectivity index (χ3v) is 14.4. The van der Waals surface area contributed by atoms with Crippen molar-refractivity contribution in [3.05, 3.63) is 179 Å². The summed E-state index contributed by atoms with van der Waals surface area (Å²) < 4.78 is 19.9. The van der Waals surface area contributed by atoms with Crippen LogP contribution in [0.3, 0.4) is 0 Å². The van der Waals surface area contributed by atoms with E-state index in [1.54, 1.807) is 18.2 Å².